The van der Waals surface area contributed by atoms with Crippen molar-refractivity contribution < 1.29 is 8.42 Å². The van der Waals surface area contributed by atoms with Crippen molar-refractivity contribution in [3.8, 4) is 0 Å². The summed E-state index contributed by atoms with van der Waals surface area (Å²) in [5.41, 5.74) is 0.972. The van der Waals surface area contributed by atoms with Crippen LogP contribution < -0.4 is 4.72 Å². The van der Waals surface area contributed by atoms with Crippen molar-refractivity contribution in [3.05, 3.63) is 53.6 Å². The lowest BCUT2D eigenvalue weighted by atomic mass is 10.2. The Bertz CT molecular complexity index is 670. The first-order valence-electron chi connectivity index (χ1n) is 7.73. The number of halogens is 1. The van der Waals surface area contributed by atoms with Crippen LogP contribution in [0.4, 0.5) is 0 Å². The number of hydrogen-bond donors (Lipinski definition) is 1. The molecule has 0 fully saturated rings. The highest BCUT2D eigenvalue weighted by molar-refractivity contribution is 7.89. The lowest BCUT2D eigenvalue weighted by molar-refractivity contribution is 0.561. The quantitative estimate of drug-likeness (QED) is 0.666. The zero-order chi connectivity index (χ0) is 16.5. The van der Waals surface area contributed by atoms with E-state index in [9.17, 15) is 8.42 Å². The molecule has 0 saturated carbocycles. The standard InChI is InChI=1S/C16H22ClN3O2S/c17-16-6-4-15(5-7-16)8-13-23(21,22)19-9-2-1-3-11-20-12-10-18-14-20/h4-7,10,12,14,19H,1-3,8-9,11,13H2. The van der Waals surface area contributed by atoms with Crippen molar-refractivity contribution in [2.45, 2.75) is 32.2 Å². The van der Waals surface area contributed by atoms with Crippen LogP contribution in [-0.2, 0) is 23.0 Å². The molecule has 0 radical (unpaired) electrons. The third kappa shape index (κ3) is 7.16. The number of imidazole rings is 1. The van der Waals surface area contributed by atoms with E-state index >= 15 is 0 Å². The molecule has 0 amide bonds. The monoisotopic (exact) mass is 355 g/mol. The lowest BCUT2D eigenvalue weighted by Gasteiger charge is -2.07. The summed E-state index contributed by atoms with van der Waals surface area (Å²) in [4.78, 5) is 3.98. The van der Waals surface area contributed by atoms with Gasteiger partial charge in [-0.1, -0.05) is 30.2 Å². The van der Waals surface area contributed by atoms with Crippen LogP contribution >= 0.6 is 11.6 Å². The Labute approximate surface area is 142 Å². The largest absolute Gasteiger partial charge is 0.337 e. The van der Waals surface area contributed by atoms with Crippen molar-refractivity contribution in [1.82, 2.24) is 14.3 Å². The second-order valence-electron chi connectivity index (χ2n) is 5.45. The highest BCUT2D eigenvalue weighted by Crippen LogP contribution is 2.10. The average molecular weight is 356 g/mol. The van der Waals surface area contributed by atoms with E-state index in [1.54, 1.807) is 24.7 Å². The Hall–Kier alpha value is -1.37. The maximum absolute atomic E-state index is 11.9. The molecule has 23 heavy (non-hydrogen) atoms. The van der Waals surface area contributed by atoms with Gasteiger partial charge in [-0.15, -0.1) is 0 Å². The second-order valence-corrected chi connectivity index (χ2v) is 7.81. The molecule has 0 aliphatic carbocycles. The number of aromatic nitrogens is 2. The van der Waals surface area contributed by atoms with Crippen LogP contribution in [0.25, 0.3) is 0 Å². The Kier molecular flexibility index (Phi) is 7.08. The van der Waals surface area contributed by atoms with Crippen molar-refractivity contribution in [3.63, 3.8) is 0 Å². The molecule has 2 rings (SSSR count). The third-order valence-corrected chi connectivity index (χ3v) is 5.18. The van der Waals surface area contributed by atoms with E-state index in [0.717, 1.165) is 31.4 Å². The van der Waals surface area contributed by atoms with Crippen LogP contribution in [0.15, 0.2) is 43.0 Å². The zero-order valence-electron chi connectivity index (χ0n) is 13.0. The maximum Gasteiger partial charge on any atom is 0.211 e. The van der Waals surface area contributed by atoms with Crippen LogP contribution in [0.3, 0.4) is 0 Å². The average Bonchev–Trinajstić information content (AvgIpc) is 3.03. The fraction of sp³-hybridized carbons (Fsp3) is 0.438. The summed E-state index contributed by atoms with van der Waals surface area (Å²) < 4.78 is 28.6. The first-order valence-corrected chi connectivity index (χ1v) is 9.76. The molecule has 0 unspecified atom stereocenters. The van der Waals surface area contributed by atoms with E-state index in [1.807, 2.05) is 22.9 Å². The Morgan fingerprint density at radius 2 is 1.91 bits per heavy atom. The van der Waals surface area contributed by atoms with Gasteiger partial charge in [-0.3, -0.25) is 0 Å². The first kappa shape index (κ1) is 18.0. The van der Waals surface area contributed by atoms with Gasteiger partial charge in [0.05, 0.1) is 12.1 Å². The molecule has 7 heteroatoms. The number of rotatable bonds is 10. The molecule has 1 aromatic carbocycles. The summed E-state index contributed by atoms with van der Waals surface area (Å²) in [5, 5.41) is 0.658. The Morgan fingerprint density at radius 1 is 1.13 bits per heavy atom. The number of benzene rings is 1. The summed E-state index contributed by atoms with van der Waals surface area (Å²) in [5.74, 6) is 0.101. The summed E-state index contributed by atoms with van der Waals surface area (Å²) in [6, 6.07) is 7.26. The smallest absolute Gasteiger partial charge is 0.211 e. The number of sulfonamides is 1. The van der Waals surface area contributed by atoms with Crippen molar-refractivity contribution in [2.75, 3.05) is 12.3 Å². The lowest BCUT2D eigenvalue weighted by Crippen LogP contribution is -2.28. The predicted octanol–water partition coefficient (Wildman–Crippen LogP) is 2.87. The molecule has 0 bridgehead atoms. The van der Waals surface area contributed by atoms with Gasteiger partial charge < -0.3 is 4.57 Å². The van der Waals surface area contributed by atoms with Gasteiger partial charge in [-0.2, -0.15) is 0 Å². The van der Waals surface area contributed by atoms with Crippen molar-refractivity contribution in [2.24, 2.45) is 0 Å². The molecule has 1 aromatic heterocycles. The number of aryl methyl sites for hydroxylation is 2. The van der Waals surface area contributed by atoms with E-state index < -0.39 is 10.0 Å². The van der Waals surface area contributed by atoms with Gasteiger partial charge in [-0.25, -0.2) is 18.1 Å². The number of nitrogens with zero attached hydrogens (tertiary/aromatic N) is 2. The van der Waals surface area contributed by atoms with Gasteiger partial charge in [0.2, 0.25) is 10.0 Å². The molecule has 5 nitrogen and oxygen atoms in total. The molecule has 126 valence electrons. The molecule has 0 spiro atoms. The van der Waals surface area contributed by atoms with E-state index in [1.165, 1.54) is 0 Å². The molecule has 0 aliphatic heterocycles. The predicted molar refractivity (Wildman–Crippen MR) is 93.0 cm³/mol. The second kappa shape index (κ2) is 9.05. The fourth-order valence-electron chi connectivity index (χ4n) is 2.22. The van der Waals surface area contributed by atoms with E-state index in [2.05, 4.69) is 9.71 Å². The van der Waals surface area contributed by atoms with Crippen molar-refractivity contribution in [1.29, 1.82) is 0 Å². The van der Waals surface area contributed by atoms with E-state index in [-0.39, 0.29) is 5.75 Å². The summed E-state index contributed by atoms with van der Waals surface area (Å²) in [7, 11) is -3.22. The SMILES string of the molecule is O=S(=O)(CCc1ccc(Cl)cc1)NCCCCCn1ccnc1. The minimum absolute atomic E-state index is 0.101. The highest BCUT2D eigenvalue weighted by Gasteiger charge is 2.09. The highest BCUT2D eigenvalue weighted by atomic mass is 35.5. The normalized spacial score (nSPS) is 11.7. The van der Waals surface area contributed by atoms with Crippen LogP contribution in [0.2, 0.25) is 5.02 Å². The summed E-state index contributed by atoms with van der Waals surface area (Å²) in [6.45, 7) is 1.41. The molecule has 0 atom stereocenters. The van der Waals surface area contributed by atoms with Crippen molar-refractivity contribution >= 4 is 21.6 Å². The van der Waals surface area contributed by atoms with Gasteiger partial charge in [0.15, 0.2) is 0 Å². The third-order valence-electron chi connectivity index (χ3n) is 3.55. The minimum Gasteiger partial charge on any atom is -0.337 e. The zero-order valence-corrected chi connectivity index (χ0v) is 14.6. The van der Waals surface area contributed by atoms with E-state index in [4.69, 9.17) is 11.6 Å². The molecular weight excluding hydrogens is 334 g/mol. The van der Waals surface area contributed by atoms with Crippen LogP contribution in [0, 0.1) is 0 Å². The Balaban J connectivity index is 1.59. The molecule has 1 N–H and O–H groups in total. The van der Waals surface area contributed by atoms with Crippen LogP contribution in [0.1, 0.15) is 24.8 Å². The van der Waals surface area contributed by atoms with Gasteiger partial charge in [0.1, 0.15) is 0 Å². The van der Waals surface area contributed by atoms with Gasteiger partial charge in [0.25, 0.3) is 0 Å². The number of nitrogens with one attached hydrogen (secondary N) is 1. The van der Waals surface area contributed by atoms with Gasteiger partial charge in [-0.05, 0) is 37.0 Å². The number of unbranched alkanes of at least 4 members (excludes halogenated alkanes) is 2. The molecule has 0 saturated heterocycles. The van der Waals surface area contributed by atoms with E-state index in [0.29, 0.717) is 18.0 Å². The van der Waals surface area contributed by atoms with Gasteiger partial charge >= 0.3 is 0 Å². The van der Waals surface area contributed by atoms with Crippen LogP contribution in [0.5, 0.6) is 0 Å². The number of hydrogen-bond acceptors (Lipinski definition) is 3. The summed E-state index contributed by atoms with van der Waals surface area (Å²) in [6.07, 6.45) is 8.82. The maximum atomic E-state index is 11.9. The first-order chi connectivity index (χ1) is 11.1. The minimum atomic E-state index is -3.22. The van der Waals surface area contributed by atoms with Crippen LogP contribution in [-0.4, -0.2) is 30.3 Å². The fourth-order valence-corrected chi connectivity index (χ4v) is 3.45. The Morgan fingerprint density at radius 3 is 2.61 bits per heavy atom. The molecule has 0 aliphatic rings. The molecule has 2 aromatic rings. The molecule has 1 heterocycles. The topological polar surface area (TPSA) is 64.0 Å². The summed E-state index contributed by atoms with van der Waals surface area (Å²) >= 11 is 5.81. The van der Waals surface area contributed by atoms with Gasteiger partial charge in [0, 0.05) is 30.5 Å². The molecular formula is C16H22ClN3O2S.